The second-order valence-corrected chi connectivity index (χ2v) is 6.69. The highest BCUT2D eigenvalue weighted by Crippen LogP contribution is 2.63. The molecule has 0 amide bonds. The number of aliphatic hydroxyl groups is 1. The Hall–Kier alpha value is -0.890. The number of allylic oxidation sites excluding steroid dienone is 2. The number of aliphatic hydroxyl groups excluding tert-OH is 1. The highest BCUT2D eigenvalue weighted by Gasteiger charge is 2.59. The third-order valence-corrected chi connectivity index (χ3v) is 5.27. The van der Waals surface area contributed by atoms with Gasteiger partial charge in [0.1, 0.15) is 0 Å². The van der Waals surface area contributed by atoms with Gasteiger partial charge in [0.25, 0.3) is 0 Å². The van der Waals surface area contributed by atoms with Crippen molar-refractivity contribution in [3.63, 3.8) is 0 Å². The van der Waals surface area contributed by atoms with Gasteiger partial charge in [0.05, 0.1) is 6.10 Å². The molecule has 1 fully saturated rings. The predicted octanol–water partition coefficient (Wildman–Crippen LogP) is 2.63. The molecule has 1 saturated carbocycles. The molecule has 0 aromatic carbocycles. The van der Waals surface area contributed by atoms with Crippen molar-refractivity contribution in [3.05, 3.63) is 22.8 Å². The predicted molar refractivity (Wildman–Crippen MR) is 66.4 cm³/mol. The first-order valence-electron chi connectivity index (χ1n) is 6.45. The first-order chi connectivity index (χ1) is 7.79. The third-order valence-electron chi connectivity index (χ3n) is 5.27. The SMILES string of the molecule is CC1=C2CCC2(C)C2C(=CC(C)(C)C2O)C1=O. The second kappa shape index (κ2) is 2.92. The van der Waals surface area contributed by atoms with Crippen molar-refractivity contribution >= 4 is 5.78 Å². The second-order valence-electron chi connectivity index (χ2n) is 6.69. The number of hydrogen-bond acceptors (Lipinski definition) is 2. The largest absolute Gasteiger partial charge is 0.392 e. The highest BCUT2D eigenvalue weighted by molar-refractivity contribution is 6.11. The van der Waals surface area contributed by atoms with Crippen LogP contribution in [0, 0.1) is 16.7 Å². The van der Waals surface area contributed by atoms with E-state index in [1.807, 2.05) is 26.8 Å². The van der Waals surface area contributed by atoms with E-state index in [2.05, 4.69) is 6.92 Å². The minimum atomic E-state index is -0.421. The minimum absolute atomic E-state index is 0.0254. The maximum absolute atomic E-state index is 12.3. The highest BCUT2D eigenvalue weighted by atomic mass is 16.3. The summed E-state index contributed by atoms with van der Waals surface area (Å²) in [6.07, 6.45) is 3.72. The molecule has 0 heterocycles. The number of Topliss-reactive ketones (excluding diaryl/α,β-unsaturated/α-hetero) is 1. The lowest BCUT2D eigenvalue weighted by molar-refractivity contribution is -0.115. The van der Waals surface area contributed by atoms with E-state index in [1.165, 1.54) is 5.57 Å². The maximum Gasteiger partial charge on any atom is 0.184 e. The van der Waals surface area contributed by atoms with Crippen LogP contribution in [0.15, 0.2) is 22.8 Å². The van der Waals surface area contributed by atoms with Gasteiger partial charge in [-0.15, -0.1) is 0 Å². The summed E-state index contributed by atoms with van der Waals surface area (Å²) in [5, 5.41) is 10.5. The summed E-state index contributed by atoms with van der Waals surface area (Å²) in [6.45, 7) is 8.20. The molecular formula is C15H20O2. The fraction of sp³-hybridized carbons (Fsp3) is 0.667. The monoisotopic (exact) mass is 232 g/mol. The van der Waals surface area contributed by atoms with Crippen LogP contribution in [0.25, 0.3) is 0 Å². The summed E-state index contributed by atoms with van der Waals surface area (Å²) in [5.41, 5.74) is 2.86. The van der Waals surface area contributed by atoms with Gasteiger partial charge in [0.15, 0.2) is 5.78 Å². The Bertz CT molecular complexity index is 481. The van der Waals surface area contributed by atoms with Crippen molar-refractivity contribution < 1.29 is 9.90 Å². The fourth-order valence-electron chi connectivity index (χ4n) is 4.03. The molecule has 0 saturated heterocycles. The minimum Gasteiger partial charge on any atom is -0.392 e. The summed E-state index contributed by atoms with van der Waals surface area (Å²) >= 11 is 0. The van der Waals surface area contributed by atoms with E-state index in [0.29, 0.717) is 0 Å². The summed E-state index contributed by atoms with van der Waals surface area (Å²) in [4.78, 5) is 12.3. The van der Waals surface area contributed by atoms with Gasteiger partial charge < -0.3 is 5.11 Å². The lowest BCUT2D eigenvalue weighted by Gasteiger charge is -2.52. The first-order valence-corrected chi connectivity index (χ1v) is 6.45. The van der Waals surface area contributed by atoms with Crippen LogP contribution in [0.2, 0.25) is 0 Å². The lowest BCUT2D eigenvalue weighted by atomic mass is 9.51. The molecule has 17 heavy (non-hydrogen) atoms. The van der Waals surface area contributed by atoms with Crippen molar-refractivity contribution in [1.29, 1.82) is 0 Å². The van der Waals surface area contributed by atoms with Crippen LogP contribution in [0.5, 0.6) is 0 Å². The number of carbonyl (C=O) groups excluding carboxylic acids is 1. The smallest absolute Gasteiger partial charge is 0.184 e. The number of rotatable bonds is 0. The Labute approximate surface area is 102 Å². The molecule has 3 atom stereocenters. The topological polar surface area (TPSA) is 37.3 Å². The number of ketones is 1. The molecule has 3 aliphatic carbocycles. The number of hydrogen-bond donors (Lipinski definition) is 1. The van der Waals surface area contributed by atoms with Gasteiger partial charge in [0.2, 0.25) is 0 Å². The van der Waals surface area contributed by atoms with Crippen LogP contribution in [0.4, 0.5) is 0 Å². The van der Waals surface area contributed by atoms with Crippen LogP contribution in [-0.2, 0) is 4.79 Å². The van der Waals surface area contributed by atoms with Gasteiger partial charge in [-0.05, 0) is 30.8 Å². The van der Waals surface area contributed by atoms with Gasteiger partial charge in [-0.3, -0.25) is 4.79 Å². The van der Waals surface area contributed by atoms with E-state index in [0.717, 1.165) is 24.0 Å². The summed E-state index contributed by atoms with van der Waals surface area (Å²) in [5.74, 6) is 0.198. The molecule has 1 N–H and O–H groups in total. The quantitative estimate of drug-likeness (QED) is 0.697. The van der Waals surface area contributed by atoms with Gasteiger partial charge in [-0.2, -0.15) is 0 Å². The summed E-state index contributed by atoms with van der Waals surface area (Å²) < 4.78 is 0. The summed E-state index contributed by atoms with van der Waals surface area (Å²) in [7, 11) is 0. The molecule has 0 aromatic rings. The van der Waals surface area contributed by atoms with Crippen LogP contribution < -0.4 is 0 Å². The average molecular weight is 232 g/mol. The number of fused-ring (bicyclic) bond motifs is 3. The standard InChI is InChI=1S/C15H20O2/c1-8-10-5-6-15(10,4)11-9(12(8)16)7-14(2,3)13(11)17/h7,11,13,17H,5-6H2,1-4H3. The molecule has 2 heteroatoms. The Morgan fingerprint density at radius 2 is 2.00 bits per heavy atom. The van der Waals surface area contributed by atoms with E-state index in [9.17, 15) is 9.90 Å². The van der Waals surface area contributed by atoms with Crippen LogP contribution in [0.3, 0.4) is 0 Å². The van der Waals surface area contributed by atoms with Crippen LogP contribution in [-0.4, -0.2) is 17.0 Å². The maximum atomic E-state index is 12.3. The van der Waals surface area contributed by atoms with Crippen LogP contribution >= 0.6 is 0 Å². The average Bonchev–Trinajstić information content (AvgIpc) is 2.46. The van der Waals surface area contributed by atoms with Gasteiger partial charge >= 0.3 is 0 Å². The van der Waals surface area contributed by atoms with Crippen LogP contribution in [0.1, 0.15) is 40.5 Å². The molecule has 3 rings (SSSR count). The molecule has 3 unspecified atom stereocenters. The molecule has 2 nitrogen and oxygen atoms in total. The molecule has 92 valence electrons. The van der Waals surface area contributed by atoms with Crippen molar-refractivity contribution in [2.75, 3.05) is 0 Å². The summed E-state index contributed by atoms with van der Waals surface area (Å²) in [6, 6.07) is 0. The van der Waals surface area contributed by atoms with E-state index >= 15 is 0 Å². The Kier molecular flexibility index (Phi) is 1.92. The zero-order valence-electron chi connectivity index (χ0n) is 11.0. The number of carbonyl (C=O) groups is 1. The normalized spacial score (nSPS) is 42.9. The van der Waals surface area contributed by atoms with E-state index < -0.39 is 6.10 Å². The zero-order valence-corrected chi connectivity index (χ0v) is 11.0. The van der Waals surface area contributed by atoms with Crippen molar-refractivity contribution in [1.82, 2.24) is 0 Å². The lowest BCUT2D eigenvalue weighted by Crippen LogP contribution is -2.49. The van der Waals surface area contributed by atoms with Crippen molar-refractivity contribution in [2.24, 2.45) is 16.7 Å². The molecule has 0 spiro atoms. The van der Waals surface area contributed by atoms with Crippen molar-refractivity contribution in [3.8, 4) is 0 Å². The Morgan fingerprint density at radius 1 is 1.35 bits per heavy atom. The van der Waals surface area contributed by atoms with Gasteiger partial charge in [-0.1, -0.05) is 32.4 Å². The fourth-order valence-corrected chi connectivity index (χ4v) is 4.03. The molecule has 0 aromatic heterocycles. The first kappa shape index (κ1) is 11.2. The molecule has 3 aliphatic rings. The van der Waals surface area contributed by atoms with Gasteiger partial charge in [-0.25, -0.2) is 0 Å². The Morgan fingerprint density at radius 3 is 2.53 bits per heavy atom. The molecule has 0 aliphatic heterocycles. The molecular weight excluding hydrogens is 212 g/mol. The molecule has 0 bridgehead atoms. The Balaban J connectivity index is 2.19. The van der Waals surface area contributed by atoms with E-state index in [-0.39, 0.29) is 22.5 Å². The van der Waals surface area contributed by atoms with Gasteiger partial charge in [0, 0.05) is 16.9 Å². The van der Waals surface area contributed by atoms with E-state index in [1.54, 1.807) is 0 Å². The van der Waals surface area contributed by atoms with E-state index in [4.69, 9.17) is 0 Å². The zero-order chi connectivity index (χ0) is 12.6. The molecule has 0 radical (unpaired) electrons. The van der Waals surface area contributed by atoms with Crippen molar-refractivity contribution in [2.45, 2.75) is 46.6 Å². The third kappa shape index (κ3) is 1.12.